The van der Waals surface area contributed by atoms with Gasteiger partial charge in [-0.2, -0.15) is 0 Å². The van der Waals surface area contributed by atoms with Crippen molar-refractivity contribution in [1.29, 1.82) is 0 Å². The zero-order valence-electron chi connectivity index (χ0n) is 14.3. The highest BCUT2D eigenvalue weighted by Gasteiger charge is 2.31. The lowest BCUT2D eigenvalue weighted by Crippen LogP contribution is -2.27. The van der Waals surface area contributed by atoms with Crippen LogP contribution in [0.2, 0.25) is 0 Å². The minimum absolute atomic E-state index is 0.130. The molecule has 5 heteroatoms. The average Bonchev–Trinajstić information content (AvgIpc) is 3.14. The van der Waals surface area contributed by atoms with Crippen molar-refractivity contribution in [2.75, 3.05) is 13.1 Å². The molecule has 1 aliphatic rings. The molecule has 0 bridgehead atoms. The van der Waals surface area contributed by atoms with Crippen molar-refractivity contribution in [1.82, 2.24) is 14.5 Å². The van der Waals surface area contributed by atoms with Crippen molar-refractivity contribution in [3.63, 3.8) is 0 Å². The molecule has 1 aliphatic heterocycles. The number of aryl methyl sites for hydroxylation is 1. The molecule has 2 aromatic carbocycles. The lowest BCUT2D eigenvalue weighted by atomic mass is 10.0. The number of likely N-dealkylation sites (tertiary alicyclic amines) is 1. The molecule has 0 radical (unpaired) electrons. The van der Waals surface area contributed by atoms with E-state index in [0.29, 0.717) is 13.0 Å². The van der Waals surface area contributed by atoms with Crippen LogP contribution in [0.3, 0.4) is 0 Å². The zero-order chi connectivity index (χ0) is 17.4. The maximum atomic E-state index is 13.2. The number of rotatable bonds is 4. The Bertz CT molecular complexity index is 874. The quantitative estimate of drug-likeness (QED) is 0.794. The maximum Gasteiger partial charge on any atom is 0.123 e. The first-order valence-electron chi connectivity index (χ1n) is 8.70. The number of benzene rings is 2. The molecule has 4 nitrogen and oxygen atoms in total. The van der Waals surface area contributed by atoms with Gasteiger partial charge >= 0.3 is 0 Å². The number of hydrogen-bond donors (Lipinski definition) is 1. The van der Waals surface area contributed by atoms with Crippen LogP contribution in [0.1, 0.15) is 23.9 Å². The van der Waals surface area contributed by atoms with E-state index in [1.807, 2.05) is 37.4 Å². The molecule has 130 valence electrons. The van der Waals surface area contributed by atoms with Gasteiger partial charge in [0.2, 0.25) is 0 Å². The van der Waals surface area contributed by atoms with Crippen LogP contribution in [0.15, 0.2) is 48.5 Å². The van der Waals surface area contributed by atoms with Crippen molar-refractivity contribution in [2.45, 2.75) is 25.0 Å². The van der Waals surface area contributed by atoms with Gasteiger partial charge in [-0.15, -0.1) is 0 Å². The van der Waals surface area contributed by atoms with Crippen LogP contribution in [-0.4, -0.2) is 38.8 Å². The summed E-state index contributed by atoms with van der Waals surface area (Å²) in [4.78, 5) is 7.00. The lowest BCUT2D eigenvalue weighted by Gasteiger charge is -2.24. The third-order valence-electron chi connectivity index (χ3n) is 5.14. The first-order chi connectivity index (χ1) is 12.1. The topological polar surface area (TPSA) is 41.3 Å². The molecule has 2 heterocycles. The second kappa shape index (κ2) is 6.58. The zero-order valence-corrected chi connectivity index (χ0v) is 14.3. The normalized spacial score (nSPS) is 21.2. The average molecular weight is 339 g/mol. The van der Waals surface area contributed by atoms with Crippen molar-refractivity contribution in [3.8, 4) is 0 Å². The van der Waals surface area contributed by atoms with Gasteiger partial charge < -0.3 is 9.67 Å². The van der Waals surface area contributed by atoms with E-state index in [2.05, 4.69) is 15.5 Å². The van der Waals surface area contributed by atoms with Crippen LogP contribution in [-0.2, 0) is 13.5 Å². The van der Waals surface area contributed by atoms with Gasteiger partial charge in [-0.1, -0.05) is 24.3 Å². The molecule has 0 spiro atoms. The largest absolute Gasteiger partial charge is 0.392 e. The monoisotopic (exact) mass is 339 g/mol. The molecule has 2 atom stereocenters. The summed E-state index contributed by atoms with van der Waals surface area (Å²) >= 11 is 0. The van der Waals surface area contributed by atoms with Gasteiger partial charge in [0.25, 0.3) is 0 Å². The van der Waals surface area contributed by atoms with E-state index >= 15 is 0 Å². The van der Waals surface area contributed by atoms with E-state index in [1.165, 1.54) is 12.1 Å². The van der Waals surface area contributed by atoms with Gasteiger partial charge in [-0.25, -0.2) is 9.37 Å². The molecule has 1 saturated heterocycles. The number of β-amino-alcohol motifs (C(OH)–C–C–N with tert-alkyl or cyclic N) is 1. The molecule has 3 aromatic rings. The first-order valence-corrected chi connectivity index (χ1v) is 8.70. The van der Waals surface area contributed by atoms with Crippen LogP contribution in [0, 0.1) is 5.82 Å². The Morgan fingerprint density at radius 3 is 2.68 bits per heavy atom. The molecule has 4 rings (SSSR count). The van der Waals surface area contributed by atoms with Crippen LogP contribution >= 0.6 is 0 Å². The van der Waals surface area contributed by atoms with Gasteiger partial charge in [0.15, 0.2) is 0 Å². The highest BCUT2D eigenvalue weighted by atomic mass is 19.1. The predicted octanol–water partition coefficient (Wildman–Crippen LogP) is 3.06. The van der Waals surface area contributed by atoms with Crippen LogP contribution in [0.4, 0.5) is 4.39 Å². The lowest BCUT2D eigenvalue weighted by molar-refractivity contribution is 0.175. The molecule has 0 unspecified atom stereocenters. The summed E-state index contributed by atoms with van der Waals surface area (Å²) in [7, 11) is 2.04. The fourth-order valence-corrected chi connectivity index (χ4v) is 3.82. The van der Waals surface area contributed by atoms with Gasteiger partial charge in [0.05, 0.1) is 17.1 Å². The molecule has 25 heavy (non-hydrogen) atoms. The Morgan fingerprint density at radius 2 is 1.92 bits per heavy atom. The number of imidazole rings is 1. The Kier molecular flexibility index (Phi) is 4.27. The Balaban J connectivity index is 1.52. The molecule has 0 saturated carbocycles. The minimum Gasteiger partial charge on any atom is -0.392 e. The summed E-state index contributed by atoms with van der Waals surface area (Å²) in [5.41, 5.74) is 3.20. The summed E-state index contributed by atoms with van der Waals surface area (Å²) in [6.45, 7) is 1.46. The Labute approximate surface area is 146 Å². The van der Waals surface area contributed by atoms with Crippen LogP contribution < -0.4 is 0 Å². The second-order valence-electron chi connectivity index (χ2n) is 6.78. The number of nitrogens with zero attached hydrogens (tertiary/aromatic N) is 3. The summed E-state index contributed by atoms with van der Waals surface area (Å²) < 4.78 is 15.3. The Morgan fingerprint density at radius 1 is 1.16 bits per heavy atom. The highest BCUT2D eigenvalue weighted by molar-refractivity contribution is 5.75. The number of fused-ring (bicyclic) bond motifs is 1. The molecule has 0 amide bonds. The van der Waals surface area contributed by atoms with Gasteiger partial charge in [0, 0.05) is 32.6 Å². The van der Waals surface area contributed by atoms with Crippen molar-refractivity contribution in [2.24, 2.45) is 7.05 Å². The predicted molar refractivity (Wildman–Crippen MR) is 95.8 cm³/mol. The highest BCUT2D eigenvalue weighted by Crippen LogP contribution is 2.32. The van der Waals surface area contributed by atoms with E-state index < -0.39 is 0 Å². The van der Waals surface area contributed by atoms with E-state index in [4.69, 9.17) is 4.98 Å². The number of aliphatic hydroxyl groups excluding tert-OH is 1. The Hall–Kier alpha value is -2.24. The van der Waals surface area contributed by atoms with Gasteiger partial charge in [-0.05, 0) is 36.2 Å². The van der Waals surface area contributed by atoms with Gasteiger partial charge in [-0.3, -0.25) is 4.90 Å². The molecule has 1 aromatic heterocycles. The molecular weight excluding hydrogens is 317 g/mol. The summed E-state index contributed by atoms with van der Waals surface area (Å²) in [6.07, 6.45) is 1.17. The van der Waals surface area contributed by atoms with E-state index in [1.54, 1.807) is 0 Å². The summed E-state index contributed by atoms with van der Waals surface area (Å²) in [6, 6.07) is 14.9. The second-order valence-corrected chi connectivity index (χ2v) is 6.78. The number of aromatic nitrogens is 2. The molecule has 1 fully saturated rings. The number of aliphatic hydroxyl groups is 1. The third kappa shape index (κ3) is 3.17. The SMILES string of the molecule is Cn1c(CCN2C[C@H](O)C[C@@H]2c2ccc(F)cc2)nc2ccccc21. The third-order valence-corrected chi connectivity index (χ3v) is 5.14. The van der Waals surface area contributed by atoms with Gasteiger partial charge in [0.1, 0.15) is 11.6 Å². The van der Waals surface area contributed by atoms with Crippen molar-refractivity contribution < 1.29 is 9.50 Å². The standard InChI is InChI=1S/C20H22FN3O/c1-23-18-5-3-2-4-17(18)22-20(23)10-11-24-13-16(25)12-19(24)14-6-8-15(21)9-7-14/h2-9,16,19,25H,10-13H2,1H3/t16-,19-/m1/s1. The number of hydrogen-bond acceptors (Lipinski definition) is 3. The van der Waals surface area contributed by atoms with Crippen LogP contribution in [0.25, 0.3) is 11.0 Å². The van der Waals surface area contributed by atoms with Crippen molar-refractivity contribution in [3.05, 3.63) is 65.7 Å². The molecule has 0 aliphatic carbocycles. The fraction of sp³-hybridized carbons (Fsp3) is 0.350. The fourth-order valence-electron chi connectivity index (χ4n) is 3.82. The van der Waals surface area contributed by atoms with E-state index in [-0.39, 0.29) is 18.0 Å². The summed E-state index contributed by atoms with van der Waals surface area (Å²) in [5.74, 6) is 0.814. The number of halogens is 1. The molecular formula is C20H22FN3O. The smallest absolute Gasteiger partial charge is 0.123 e. The maximum absolute atomic E-state index is 13.2. The number of para-hydroxylation sites is 2. The van der Waals surface area contributed by atoms with E-state index in [0.717, 1.165) is 35.4 Å². The summed E-state index contributed by atoms with van der Waals surface area (Å²) in [5, 5.41) is 10.1. The molecule has 1 N–H and O–H groups in total. The van der Waals surface area contributed by atoms with Crippen LogP contribution in [0.5, 0.6) is 0 Å². The first kappa shape index (κ1) is 16.2. The minimum atomic E-state index is -0.338. The van der Waals surface area contributed by atoms with Crippen molar-refractivity contribution >= 4 is 11.0 Å². The van der Waals surface area contributed by atoms with E-state index in [9.17, 15) is 9.50 Å².